The molecule has 3 aromatic rings. The lowest BCUT2D eigenvalue weighted by Crippen LogP contribution is -2.25. The van der Waals surface area contributed by atoms with Crippen molar-refractivity contribution >= 4 is 11.7 Å². The topological polar surface area (TPSA) is 75.6 Å². The molecule has 0 fully saturated rings. The number of nitrogens with zero attached hydrogens (tertiary/aromatic N) is 3. The first kappa shape index (κ1) is 11.9. The number of anilines is 1. The standard InChI is InChI=1S/C15H13N5O/c21-13-8-11(14-16-6-7-17-14)12-9-18-20(15(12)19-13)10-4-2-1-3-5-10/h1-7,9,11H,8H2,(H,16,17)(H,19,21)/t11-/m1/s1. The smallest absolute Gasteiger partial charge is 0.226 e. The Morgan fingerprint density at radius 1 is 1.24 bits per heavy atom. The summed E-state index contributed by atoms with van der Waals surface area (Å²) in [6.45, 7) is 0. The number of para-hydroxylation sites is 1. The largest absolute Gasteiger partial charge is 0.348 e. The summed E-state index contributed by atoms with van der Waals surface area (Å²) in [5, 5.41) is 7.34. The van der Waals surface area contributed by atoms with Crippen LogP contribution in [0.1, 0.15) is 23.7 Å². The molecule has 0 aliphatic carbocycles. The number of hydrogen-bond donors (Lipinski definition) is 2. The van der Waals surface area contributed by atoms with Gasteiger partial charge in [0.15, 0.2) is 0 Å². The highest BCUT2D eigenvalue weighted by molar-refractivity contribution is 5.94. The second-order valence-electron chi connectivity index (χ2n) is 4.98. The monoisotopic (exact) mass is 279 g/mol. The maximum atomic E-state index is 12.0. The molecule has 104 valence electrons. The molecule has 1 amide bonds. The van der Waals surface area contributed by atoms with Crippen molar-refractivity contribution in [3.05, 3.63) is 60.3 Å². The third-order valence-electron chi connectivity index (χ3n) is 3.67. The van der Waals surface area contributed by atoms with E-state index in [-0.39, 0.29) is 11.8 Å². The summed E-state index contributed by atoms with van der Waals surface area (Å²) < 4.78 is 1.75. The van der Waals surface area contributed by atoms with E-state index in [1.54, 1.807) is 23.3 Å². The van der Waals surface area contributed by atoms with E-state index in [0.29, 0.717) is 6.42 Å². The fourth-order valence-electron chi connectivity index (χ4n) is 2.70. The van der Waals surface area contributed by atoms with Crippen LogP contribution < -0.4 is 5.32 Å². The van der Waals surface area contributed by atoms with Gasteiger partial charge in [0.25, 0.3) is 0 Å². The number of carbonyl (C=O) groups is 1. The summed E-state index contributed by atoms with van der Waals surface area (Å²) in [4.78, 5) is 19.4. The van der Waals surface area contributed by atoms with Gasteiger partial charge in [0.2, 0.25) is 5.91 Å². The lowest BCUT2D eigenvalue weighted by atomic mass is 9.93. The highest BCUT2D eigenvalue weighted by atomic mass is 16.1. The van der Waals surface area contributed by atoms with Gasteiger partial charge in [-0.15, -0.1) is 0 Å². The summed E-state index contributed by atoms with van der Waals surface area (Å²) in [6.07, 6.45) is 5.64. The van der Waals surface area contributed by atoms with Gasteiger partial charge in [-0.1, -0.05) is 18.2 Å². The van der Waals surface area contributed by atoms with Crippen molar-refractivity contribution in [1.82, 2.24) is 19.7 Å². The molecule has 0 radical (unpaired) electrons. The van der Waals surface area contributed by atoms with E-state index < -0.39 is 0 Å². The summed E-state index contributed by atoms with van der Waals surface area (Å²) >= 11 is 0. The lowest BCUT2D eigenvalue weighted by molar-refractivity contribution is -0.116. The number of nitrogens with one attached hydrogen (secondary N) is 2. The van der Waals surface area contributed by atoms with Crippen LogP contribution in [0.3, 0.4) is 0 Å². The maximum Gasteiger partial charge on any atom is 0.226 e. The Kier molecular flexibility index (Phi) is 2.60. The zero-order valence-electron chi connectivity index (χ0n) is 11.2. The second-order valence-corrected chi connectivity index (χ2v) is 4.98. The van der Waals surface area contributed by atoms with E-state index in [1.807, 2.05) is 30.3 Å². The minimum atomic E-state index is -0.0822. The molecule has 0 bridgehead atoms. The van der Waals surface area contributed by atoms with Crippen LogP contribution in [0.4, 0.5) is 5.82 Å². The van der Waals surface area contributed by atoms with E-state index in [0.717, 1.165) is 22.9 Å². The molecular formula is C15H13N5O. The molecule has 0 saturated heterocycles. The zero-order chi connectivity index (χ0) is 14.2. The Morgan fingerprint density at radius 2 is 2.10 bits per heavy atom. The Balaban J connectivity index is 1.84. The van der Waals surface area contributed by atoms with Gasteiger partial charge < -0.3 is 10.3 Å². The van der Waals surface area contributed by atoms with E-state index in [9.17, 15) is 4.79 Å². The number of aromatic nitrogens is 4. The number of fused-ring (bicyclic) bond motifs is 1. The summed E-state index contributed by atoms with van der Waals surface area (Å²) in [5.41, 5.74) is 1.90. The molecule has 2 N–H and O–H groups in total. The summed E-state index contributed by atoms with van der Waals surface area (Å²) in [5.74, 6) is 1.40. The van der Waals surface area contributed by atoms with Gasteiger partial charge in [0.1, 0.15) is 11.6 Å². The number of rotatable bonds is 2. The minimum absolute atomic E-state index is 0.0263. The molecular weight excluding hydrogens is 266 g/mol. The highest BCUT2D eigenvalue weighted by Gasteiger charge is 2.31. The molecule has 2 aromatic heterocycles. The molecule has 3 heterocycles. The van der Waals surface area contributed by atoms with Gasteiger partial charge in [-0.3, -0.25) is 4.79 Å². The van der Waals surface area contributed by atoms with Crippen molar-refractivity contribution < 1.29 is 4.79 Å². The fraction of sp³-hybridized carbons (Fsp3) is 0.133. The predicted octanol–water partition coefficient (Wildman–Crippen LogP) is 2.07. The highest BCUT2D eigenvalue weighted by Crippen LogP contribution is 2.36. The Bertz CT molecular complexity index is 776. The van der Waals surface area contributed by atoms with Gasteiger partial charge in [-0.2, -0.15) is 5.10 Å². The summed E-state index contributed by atoms with van der Waals surface area (Å²) in [6, 6.07) is 9.74. The van der Waals surface area contributed by atoms with E-state index >= 15 is 0 Å². The Morgan fingerprint density at radius 3 is 2.86 bits per heavy atom. The van der Waals surface area contributed by atoms with Crippen molar-refractivity contribution in [3.63, 3.8) is 0 Å². The number of H-pyrrole nitrogens is 1. The fourth-order valence-corrected chi connectivity index (χ4v) is 2.70. The normalized spacial score (nSPS) is 17.3. The first-order valence-electron chi connectivity index (χ1n) is 6.75. The molecule has 4 rings (SSSR count). The van der Waals surface area contributed by atoms with Crippen LogP contribution >= 0.6 is 0 Å². The number of hydrogen-bond acceptors (Lipinski definition) is 3. The van der Waals surface area contributed by atoms with Crippen molar-refractivity contribution in [2.75, 3.05) is 5.32 Å². The third-order valence-corrected chi connectivity index (χ3v) is 3.67. The minimum Gasteiger partial charge on any atom is -0.348 e. The SMILES string of the molecule is O=C1C[C@@H](c2ncc[nH]2)c2cnn(-c3ccccc3)c2N1. The van der Waals surface area contributed by atoms with Crippen LogP contribution in [-0.4, -0.2) is 25.7 Å². The van der Waals surface area contributed by atoms with E-state index in [2.05, 4.69) is 20.4 Å². The number of carbonyl (C=O) groups excluding carboxylic acids is 1. The first-order chi connectivity index (χ1) is 10.3. The number of benzene rings is 1. The molecule has 0 unspecified atom stereocenters. The van der Waals surface area contributed by atoms with Crippen molar-refractivity contribution in [3.8, 4) is 5.69 Å². The van der Waals surface area contributed by atoms with Crippen molar-refractivity contribution in [2.45, 2.75) is 12.3 Å². The Labute approximate surface area is 120 Å². The van der Waals surface area contributed by atoms with Crippen LogP contribution in [0.5, 0.6) is 0 Å². The van der Waals surface area contributed by atoms with E-state index in [1.165, 1.54) is 0 Å². The average Bonchev–Trinajstić information content (AvgIpc) is 3.17. The molecule has 1 aliphatic heterocycles. The molecule has 1 aliphatic rings. The molecule has 0 saturated carbocycles. The van der Waals surface area contributed by atoms with Crippen molar-refractivity contribution in [1.29, 1.82) is 0 Å². The quantitative estimate of drug-likeness (QED) is 0.754. The van der Waals surface area contributed by atoms with E-state index in [4.69, 9.17) is 0 Å². The molecule has 21 heavy (non-hydrogen) atoms. The molecule has 6 heteroatoms. The lowest BCUT2D eigenvalue weighted by Gasteiger charge is -2.21. The van der Waals surface area contributed by atoms with Crippen molar-refractivity contribution in [2.24, 2.45) is 0 Å². The molecule has 0 spiro atoms. The summed E-state index contributed by atoms with van der Waals surface area (Å²) in [7, 11) is 0. The van der Waals surface area contributed by atoms with Gasteiger partial charge in [0, 0.05) is 24.4 Å². The molecule has 6 nitrogen and oxygen atoms in total. The van der Waals surface area contributed by atoms with Gasteiger partial charge in [0.05, 0.1) is 17.8 Å². The van der Waals surface area contributed by atoms with Crippen LogP contribution in [0.15, 0.2) is 48.9 Å². The van der Waals surface area contributed by atoms with Crippen LogP contribution in [0, 0.1) is 0 Å². The van der Waals surface area contributed by atoms with Crippen LogP contribution in [-0.2, 0) is 4.79 Å². The average molecular weight is 279 g/mol. The van der Waals surface area contributed by atoms with Gasteiger partial charge in [-0.05, 0) is 12.1 Å². The molecule has 1 aromatic carbocycles. The van der Waals surface area contributed by atoms with Gasteiger partial charge >= 0.3 is 0 Å². The predicted molar refractivity (Wildman–Crippen MR) is 77.2 cm³/mol. The third kappa shape index (κ3) is 1.92. The zero-order valence-corrected chi connectivity index (χ0v) is 11.2. The Hall–Kier alpha value is -2.89. The second kappa shape index (κ2) is 4.59. The maximum absolute atomic E-state index is 12.0. The number of imidazole rings is 1. The molecule has 1 atom stereocenters. The van der Waals surface area contributed by atoms with Crippen LogP contribution in [0.2, 0.25) is 0 Å². The van der Waals surface area contributed by atoms with Gasteiger partial charge in [-0.25, -0.2) is 9.67 Å². The number of amides is 1. The number of aromatic amines is 1. The van der Waals surface area contributed by atoms with Crippen LogP contribution in [0.25, 0.3) is 5.69 Å². The first-order valence-corrected chi connectivity index (χ1v) is 6.75.